The number of pyridine rings is 1. The molecule has 302 valence electrons. The van der Waals surface area contributed by atoms with E-state index in [1.807, 2.05) is 62.5 Å². The first kappa shape index (κ1) is 40.8. The predicted octanol–water partition coefficient (Wildman–Crippen LogP) is 8.28. The molecule has 5 aromatic rings. The molecule has 1 fully saturated rings. The minimum absolute atomic E-state index is 0.0176. The lowest BCUT2D eigenvalue weighted by Crippen LogP contribution is -2.33. The van der Waals surface area contributed by atoms with Crippen molar-refractivity contribution >= 4 is 62.2 Å². The highest BCUT2D eigenvalue weighted by molar-refractivity contribution is 7.22. The van der Waals surface area contributed by atoms with Gasteiger partial charge in [-0.1, -0.05) is 61.6 Å². The summed E-state index contributed by atoms with van der Waals surface area (Å²) in [6.07, 6.45) is 4.97. The molecule has 1 aliphatic carbocycles. The number of thiazole rings is 1. The fraction of sp³-hybridized carbons (Fsp3) is 0.370. The number of benzene rings is 3. The summed E-state index contributed by atoms with van der Waals surface area (Å²) in [6, 6.07) is 26.0. The number of hydrogen-bond donors (Lipinski definition) is 4. The molecule has 4 N–H and O–H groups in total. The number of anilines is 3. The van der Waals surface area contributed by atoms with Gasteiger partial charge in [0, 0.05) is 74.1 Å². The Balaban J connectivity index is 0.968. The number of hydrogen-bond acceptors (Lipinski definition) is 11. The van der Waals surface area contributed by atoms with Crippen molar-refractivity contribution in [1.82, 2.24) is 20.2 Å². The van der Waals surface area contributed by atoms with Gasteiger partial charge >= 0.3 is 0 Å². The number of amides is 1. The maximum atomic E-state index is 13.6. The number of fused-ring (bicyclic) bond motifs is 2. The first-order valence-corrected chi connectivity index (χ1v) is 20.9. The largest absolute Gasteiger partial charge is 0.388 e. The van der Waals surface area contributed by atoms with E-state index in [2.05, 4.69) is 82.0 Å². The van der Waals surface area contributed by atoms with E-state index in [0.717, 1.165) is 77.9 Å². The number of aldehydes is 1. The molecule has 11 nitrogen and oxygen atoms in total. The normalized spacial score (nSPS) is 19.4. The van der Waals surface area contributed by atoms with Crippen LogP contribution in [0.1, 0.15) is 76.7 Å². The molecule has 12 heteroatoms. The van der Waals surface area contributed by atoms with E-state index in [0.29, 0.717) is 53.3 Å². The Morgan fingerprint density at radius 3 is 2.62 bits per heavy atom. The third-order valence-corrected chi connectivity index (χ3v) is 12.6. The lowest BCUT2D eigenvalue weighted by molar-refractivity contribution is 0.0181. The molecule has 0 radical (unpaired) electrons. The molecule has 1 saturated carbocycles. The molecule has 0 saturated heterocycles. The van der Waals surface area contributed by atoms with Crippen molar-refractivity contribution in [3.05, 3.63) is 118 Å². The second-order valence-corrected chi connectivity index (χ2v) is 17.1. The molecule has 2 aliphatic rings. The third-order valence-electron chi connectivity index (χ3n) is 11.6. The monoisotopic (exact) mass is 798 g/mol. The Bertz CT molecular complexity index is 2270. The number of carbonyl (C=O) groups excluding carboxylic acids is 2. The van der Waals surface area contributed by atoms with E-state index >= 15 is 0 Å². The van der Waals surface area contributed by atoms with E-state index in [4.69, 9.17) is 15.1 Å². The Hall–Kier alpha value is -5.43. The number of likely N-dealkylation sites (N-methyl/N-ethyl adjacent to an activating group) is 1. The van der Waals surface area contributed by atoms with Crippen molar-refractivity contribution in [2.75, 3.05) is 55.9 Å². The molecule has 3 atom stereocenters. The van der Waals surface area contributed by atoms with Crippen LogP contribution in [0.15, 0.2) is 84.6 Å². The SMILES string of the molecule is CNc1ccc(CN(C)CCOC2CC(C)(CN/C(C)=C(\C=N)c3ccc(N4CCc5cccc(C(=O)Nc6nc7ccccc7s6)c5C4)nc3C=O)CC2C)cc1. The second kappa shape index (κ2) is 18.0. The van der Waals surface area contributed by atoms with Crippen molar-refractivity contribution < 1.29 is 14.3 Å². The number of allylic oxidation sites excluding steroid dienone is 2. The first-order valence-electron chi connectivity index (χ1n) is 20.1. The van der Waals surface area contributed by atoms with Crippen LogP contribution in [0.25, 0.3) is 15.8 Å². The molecule has 58 heavy (non-hydrogen) atoms. The van der Waals surface area contributed by atoms with E-state index in [1.165, 1.54) is 23.1 Å². The number of nitrogens with zero attached hydrogens (tertiary/aromatic N) is 4. The molecule has 2 aromatic heterocycles. The lowest BCUT2D eigenvalue weighted by Gasteiger charge is -2.31. The van der Waals surface area contributed by atoms with Crippen LogP contribution in [0.4, 0.5) is 16.6 Å². The number of rotatable bonds is 16. The predicted molar refractivity (Wildman–Crippen MR) is 236 cm³/mol. The van der Waals surface area contributed by atoms with E-state index < -0.39 is 0 Å². The zero-order chi connectivity index (χ0) is 40.8. The summed E-state index contributed by atoms with van der Waals surface area (Å²) in [5.41, 5.74) is 8.26. The van der Waals surface area contributed by atoms with Crippen LogP contribution in [0.3, 0.4) is 0 Å². The van der Waals surface area contributed by atoms with Crippen molar-refractivity contribution in [3.63, 3.8) is 0 Å². The van der Waals surface area contributed by atoms with Crippen molar-refractivity contribution in [3.8, 4) is 0 Å². The van der Waals surface area contributed by atoms with Gasteiger partial charge < -0.3 is 25.7 Å². The number of para-hydroxylation sites is 1. The molecule has 0 spiro atoms. The topological polar surface area (TPSA) is 136 Å². The summed E-state index contributed by atoms with van der Waals surface area (Å²) in [4.78, 5) is 39.9. The molecule has 0 bridgehead atoms. The van der Waals surface area contributed by atoms with Crippen LogP contribution >= 0.6 is 11.3 Å². The Labute approximate surface area is 345 Å². The lowest BCUT2D eigenvalue weighted by atomic mass is 9.87. The zero-order valence-corrected chi connectivity index (χ0v) is 34.9. The minimum atomic E-state index is -0.200. The Morgan fingerprint density at radius 1 is 1.05 bits per heavy atom. The van der Waals surface area contributed by atoms with E-state index in [1.54, 1.807) is 0 Å². The number of nitrogens with one attached hydrogen (secondary N) is 4. The Kier molecular flexibility index (Phi) is 12.7. The van der Waals surface area contributed by atoms with Gasteiger partial charge in [0.15, 0.2) is 11.4 Å². The van der Waals surface area contributed by atoms with Gasteiger partial charge in [0.25, 0.3) is 5.91 Å². The van der Waals surface area contributed by atoms with Gasteiger partial charge in [-0.3, -0.25) is 19.8 Å². The van der Waals surface area contributed by atoms with Gasteiger partial charge in [0.2, 0.25) is 0 Å². The fourth-order valence-electron chi connectivity index (χ4n) is 8.44. The second-order valence-electron chi connectivity index (χ2n) is 16.1. The quantitative estimate of drug-likeness (QED) is 0.0575. The maximum absolute atomic E-state index is 13.6. The van der Waals surface area contributed by atoms with Gasteiger partial charge in [0.1, 0.15) is 11.5 Å². The molecule has 3 aromatic carbocycles. The zero-order valence-electron chi connectivity index (χ0n) is 34.1. The van der Waals surface area contributed by atoms with E-state index in [9.17, 15) is 9.59 Å². The Morgan fingerprint density at radius 2 is 1.86 bits per heavy atom. The number of aromatic nitrogens is 2. The van der Waals surface area contributed by atoms with Gasteiger partial charge in [-0.25, -0.2) is 9.97 Å². The smallest absolute Gasteiger partial charge is 0.257 e. The van der Waals surface area contributed by atoms with Crippen LogP contribution < -0.4 is 20.9 Å². The van der Waals surface area contributed by atoms with Crippen molar-refractivity contribution in [2.45, 2.75) is 59.2 Å². The van der Waals surface area contributed by atoms with E-state index in [-0.39, 0.29) is 23.1 Å². The van der Waals surface area contributed by atoms with Crippen molar-refractivity contribution in [1.29, 1.82) is 5.41 Å². The van der Waals surface area contributed by atoms with Gasteiger partial charge in [-0.2, -0.15) is 0 Å². The average molecular weight is 799 g/mol. The minimum Gasteiger partial charge on any atom is -0.388 e. The van der Waals surface area contributed by atoms with Crippen molar-refractivity contribution in [2.24, 2.45) is 11.3 Å². The van der Waals surface area contributed by atoms with Gasteiger partial charge in [-0.15, -0.1) is 0 Å². The highest BCUT2D eigenvalue weighted by Crippen LogP contribution is 2.43. The van der Waals surface area contributed by atoms with Crippen LogP contribution in [-0.4, -0.2) is 79.7 Å². The highest BCUT2D eigenvalue weighted by Gasteiger charge is 2.40. The number of carbonyl (C=O) groups is 2. The van der Waals surface area contributed by atoms with Gasteiger partial charge in [0.05, 0.1) is 22.9 Å². The molecule has 3 unspecified atom stereocenters. The average Bonchev–Trinajstić information content (AvgIpc) is 3.78. The molecule has 1 amide bonds. The molecular weight excluding hydrogens is 745 g/mol. The fourth-order valence-corrected chi connectivity index (χ4v) is 9.30. The summed E-state index contributed by atoms with van der Waals surface area (Å²) in [5, 5.41) is 18.7. The summed E-state index contributed by atoms with van der Waals surface area (Å²) >= 11 is 1.45. The molecule has 1 aliphatic heterocycles. The highest BCUT2D eigenvalue weighted by atomic mass is 32.1. The van der Waals surface area contributed by atoms with Gasteiger partial charge in [-0.05, 0) is 104 Å². The molecule has 7 rings (SSSR count). The summed E-state index contributed by atoms with van der Waals surface area (Å²) in [6.45, 7) is 10.9. The third kappa shape index (κ3) is 9.30. The van der Waals surface area contributed by atoms with Crippen LogP contribution in [0, 0.1) is 16.7 Å². The molecular formula is C46H54N8O3S. The summed E-state index contributed by atoms with van der Waals surface area (Å²) in [5.74, 6) is 0.885. The first-order chi connectivity index (χ1) is 28.1. The summed E-state index contributed by atoms with van der Waals surface area (Å²) < 4.78 is 7.48. The maximum Gasteiger partial charge on any atom is 0.257 e. The summed E-state index contributed by atoms with van der Waals surface area (Å²) in [7, 11) is 4.06. The number of ether oxygens (including phenoxy) is 1. The van der Waals surface area contributed by atoms with Crippen LogP contribution in [0.5, 0.6) is 0 Å². The van der Waals surface area contributed by atoms with Crippen LogP contribution in [0.2, 0.25) is 0 Å². The molecule has 3 heterocycles. The standard InChI is InChI=1S/C46H54N8O3S/c1-30-23-46(3,24-41(30)57-22-21-53(5)26-32-13-15-34(48-4)16-14-32)29-49-31(2)37(25-47)35-17-18-43(50-40(35)28-55)54-20-19-33-9-8-10-36(38(33)27-54)44(56)52-45-51-39-11-6-7-12-42(39)58-45/h6-18,25,28,30,41,47-49H,19-24,26-27,29H2,1-5H3,(H,51,52,56)/b37-31+,47-25?. The van der Waals surface area contributed by atoms with Crippen LogP contribution in [-0.2, 0) is 24.2 Å².